The van der Waals surface area contributed by atoms with E-state index in [2.05, 4.69) is 0 Å². The maximum absolute atomic E-state index is 15.3. The highest BCUT2D eigenvalue weighted by Gasteiger charge is 2.64. The third-order valence-electron chi connectivity index (χ3n) is 8.22. The number of benzene rings is 3. The molecular weight excluding hydrogens is 736 g/mol. The van der Waals surface area contributed by atoms with E-state index in [4.69, 9.17) is 25.8 Å². The molecule has 0 radical (unpaired) electrons. The Morgan fingerprint density at radius 3 is 2.24 bits per heavy atom. The quantitative estimate of drug-likeness (QED) is 0.292. The Morgan fingerprint density at radius 1 is 0.961 bits per heavy atom. The first-order valence-corrected chi connectivity index (χ1v) is 16.8. The molecule has 2 aliphatic heterocycles. The van der Waals surface area contributed by atoms with Crippen molar-refractivity contribution < 1.29 is 63.7 Å². The maximum Gasteiger partial charge on any atom is 0.422 e. The van der Waals surface area contributed by atoms with Gasteiger partial charge in [-0.1, -0.05) is 29.8 Å². The summed E-state index contributed by atoms with van der Waals surface area (Å²) >= 11 is 6.44. The van der Waals surface area contributed by atoms with Crippen LogP contribution in [0.1, 0.15) is 17.5 Å². The van der Waals surface area contributed by atoms with Crippen LogP contribution < -0.4 is 18.5 Å². The van der Waals surface area contributed by atoms with Crippen molar-refractivity contribution in [2.45, 2.75) is 41.4 Å². The van der Waals surface area contributed by atoms with E-state index in [1.54, 1.807) is 6.07 Å². The molecule has 1 unspecified atom stereocenters. The fraction of sp³-hybridized carbons (Fsp3) is 0.375. The number of para-hydroxylation sites is 1. The Balaban J connectivity index is 1.81. The maximum atomic E-state index is 15.3. The number of hydrogen-bond donors (Lipinski definition) is 1. The molecule has 11 nitrogen and oxygen atoms in total. The number of carbonyl (C=O) groups is 2. The number of methoxy groups -OCH3 is 1. The molecule has 3 aromatic rings. The van der Waals surface area contributed by atoms with Gasteiger partial charge in [-0.3, -0.25) is 14.5 Å². The molecule has 1 N–H and O–H groups in total. The van der Waals surface area contributed by atoms with Crippen molar-refractivity contribution in [1.82, 2.24) is 9.80 Å². The number of alkyl halides is 6. The van der Waals surface area contributed by atoms with E-state index in [1.165, 1.54) is 61.3 Å². The second-order valence-corrected chi connectivity index (χ2v) is 14.0. The van der Waals surface area contributed by atoms with Gasteiger partial charge in [0, 0.05) is 42.9 Å². The van der Waals surface area contributed by atoms with Gasteiger partial charge in [0.25, 0.3) is 15.9 Å². The number of sulfonamides is 1. The first-order chi connectivity index (χ1) is 23.7. The average molecular weight is 766 g/mol. The van der Waals surface area contributed by atoms with Gasteiger partial charge in [-0.2, -0.15) is 26.3 Å². The summed E-state index contributed by atoms with van der Waals surface area (Å²) in [6, 6.07) is 10.3. The van der Waals surface area contributed by atoms with E-state index in [-0.39, 0.29) is 44.9 Å². The van der Waals surface area contributed by atoms with E-state index < -0.39 is 81.5 Å². The molecule has 0 aromatic heterocycles. The second kappa shape index (κ2) is 13.7. The van der Waals surface area contributed by atoms with Gasteiger partial charge in [-0.05, 0) is 42.8 Å². The van der Waals surface area contributed by atoms with Gasteiger partial charge >= 0.3 is 12.4 Å². The van der Waals surface area contributed by atoms with Crippen molar-refractivity contribution in [3.63, 3.8) is 0 Å². The Labute approximate surface area is 292 Å². The minimum Gasteiger partial charge on any atom is -0.496 e. The van der Waals surface area contributed by atoms with Crippen LogP contribution in [0.2, 0.25) is 5.02 Å². The fourth-order valence-corrected chi connectivity index (χ4v) is 8.04. The van der Waals surface area contributed by atoms with E-state index in [1.807, 2.05) is 0 Å². The van der Waals surface area contributed by atoms with Crippen molar-refractivity contribution in [2.24, 2.45) is 0 Å². The Bertz CT molecular complexity index is 1940. The van der Waals surface area contributed by atoms with Gasteiger partial charge in [-0.15, -0.1) is 0 Å². The smallest absolute Gasteiger partial charge is 0.422 e. The van der Waals surface area contributed by atoms with Gasteiger partial charge in [0.15, 0.2) is 18.8 Å². The summed E-state index contributed by atoms with van der Waals surface area (Å²) in [6.45, 7) is -4.23. The van der Waals surface area contributed by atoms with Crippen LogP contribution >= 0.6 is 11.6 Å². The van der Waals surface area contributed by atoms with Crippen LogP contribution in [0.4, 0.5) is 32.0 Å². The number of halogens is 7. The molecular formula is C32H30ClF6N3O8S. The molecule has 2 heterocycles. The number of likely N-dealkylation sites (N-methyl/N-ethyl adjacent to an activating group) is 1. The molecule has 0 bridgehead atoms. The molecule has 0 aliphatic carbocycles. The molecule has 2 aliphatic rings. The number of likely N-dealkylation sites (tertiary alicyclic amines) is 1. The molecule has 19 heteroatoms. The summed E-state index contributed by atoms with van der Waals surface area (Å²) in [4.78, 5) is 30.3. The van der Waals surface area contributed by atoms with Gasteiger partial charge < -0.3 is 24.2 Å². The highest BCUT2D eigenvalue weighted by Crippen LogP contribution is 2.55. The first kappa shape index (κ1) is 38.0. The first-order valence-electron chi connectivity index (χ1n) is 14.9. The van der Waals surface area contributed by atoms with Crippen molar-refractivity contribution in [1.29, 1.82) is 0 Å². The van der Waals surface area contributed by atoms with Crippen LogP contribution in [0, 0.1) is 0 Å². The van der Waals surface area contributed by atoms with Crippen molar-refractivity contribution >= 4 is 39.1 Å². The summed E-state index contributed by atoms with van der Waals surface area (Å²) in [5, 5.41) is 10.9. The number of ether oxygens (including phenoxy) is 3. The number of fused-ring (bicyclic) bond motifs is 1. The highest BCUT2D eigenvalue weighted by atomic mass is 35.5. The molecule has 276 valence electrons. The zero-order chi connectivity index (χ0) is 37.7. The predicted molar refractivity (Wildman–Crippen MR) is 169 cm³/mol. The number of amides is 2. The van der Waals surface area contributed by atoms with Crippen LogP contribution in [0.25, 0.3) is 0 Å². The number of anilines is 1. The third-order valence-corrected chi connectivity index (χ3v) is 10.2. The lowest BCUT2D eigenvalue weighted by molar-refractivity contribution is -0.154. The lowest BCUT2D eigenvalue weighted by Gasteiger charge is -2.42. The average Bonchev–Trinajstić information content (AvgIpc) is 3.56. The number of aliphatic hydroxyl groups is 1. The molecule has 51 heavy (non-hydrogen) atoms. The Kier molecular flexibility index (Phi) is 10.2. The summed E-state index contributed by atoms with van der Waals surface area (Å²) in [6.07, 6.45) is -11.2. The van der Waals surface area contributed by atoms with Gasteiger partial charge in [0.1, 0.15) is 22.1 Å². The topological polar surface area (TPSA) is 126 Å². The predicted octanol–water partition coefficient (Wildman–Crippen LogP) is 4.73. The van der Waals surface area contributed by atoms with Gasteiger partial charge in [-0.25, -0.2) is 12.7 Å². The standard InChI is InChI=1S/C32H30ClF6N3O8S/c1-40(2)28(44)24-13-19(43)15-41(24)32(21-6-4-5-7-25(21)48-3)22-12-18(33)8-10-23(22)42(29(32)45)51(46,47)27-14-20(49-16-30(34,35)36)9-11-26(27)50-17-31(37,38)39/h4-12,14,19,24,43H,13,15-17H2,1-3H3/t19-,24+,32?/m1/s1. The zero-order valence-corrected chi connectivity index (χ0v) is 28.5. The highest BCUT2D eigenvalue weighted by molar-refractivity contribution is 7.93. The van der Waals surface area contributed by atoms with Crippen LogP contribution in [0.15, 0.2) is 65.6 Å². The SMILES string of the molecule is COc1ccccc1C1(N2C[C@H](O)C[C@H]2C(=O)N(C)C)C(=O)N(S(=O)(=O)c2cc(OCC(F)(F)F)ccc2OCC(F)(F)F)c2ccc(Cl)cc21. The fourth-order valence-electron chi connectivity index (χ4n) is 6.26. The van der Waals surface area contributed by atoms with Gasteiger partial charge in [0.05, 0.1) is 24.9 Å². The van der Waals surface area contributed by atoms with Crippen LogP contribution in [0.5, 0.6) is 17.2 Å². The number of hydrogen-bond acceptors (Lipinski definition) is 9. The molecule has 1 saturated heterocycles. The van der Waals surface area contributed by atoms with E-state index >= 15 is 4.79 Å². The normalized spacial score (nSPS) is 21.1. The minimum absolute atomic E-state index is 0.00653. The van der Waals surface area contributed by atoms with Gasteiger partial charge in [0.2, 0.25) is 5.91 Å². The Hall–Kier alpha value is -4.26. The summed E-state index contributed by atoms with van der Waals surface area (Å²) < 4.78 is 124. The molecule has 1 fully saturated rings. The Morgan fingerprint density at radius 2 is 1.61 bits per heavy atom. The number of aliphatic hydroxyl groups excluding tert-OH is 1. The summed E-state index contributed by atoms with van der Waals surface area (Å²) in [5.41, 5.74) is -2.76. The van der Waals surface area contributed by atoms with E-state index in [0.29, 0.717) is 12.1 Å². The molecule has 0 saturated carbocycles. The molecule has 3 atom stereocenters. The van der Waals surface area contributed by atoms with Crippen molar-refractivity contribution in [2.75, 3.05) is 45.3 Å². The molecule has 5 rings (SSSR count). The minimum atomic E-state index is -5.42. The van der Waals surface area contributed by atoms with Crippen molar-refractivity contribution in [3.8, 4) is 17.2 Å². The van der Waals surface area contributed by atoms with Crippen LogP contribution in [-0.2, 0) is 25.2 Å². The van der Waals surface area contributed by atoms with E-state index in [0.717, 1.165) is 12.1 Å². The van der Waals surface area contributed by atoms with Crippen LogP contribution in [0.3, 0.4) is 0 Å². The third kappa shape index (κ3) is 7.14. The molecule has 3 aromatic carbocycles. The summed E-state index contributed by atoms with van der Waals surface area (Å²) in [7, 11) is -1.27. The van der Waals surface area contributed by atoms with Crippen molar-refractivity contribution in [3.05, 3.63) is 76.8 Å². The molecule has 0 spiro atoms. The second-order valence-electron chi connectivity index (χ2n) is 11.9. The number of carbonyl (C=O) groups excluding carboxylic acids is 2. The lowest BCUT2D eigenvalue weighted by atomic mass is 9.80. The lowest BCUT2D eigenvalue weighted by Crippen LogP contribution is -2.59. The summed E-state index contributed by atoms with van der Waals surface area (Å²) in [5.74, 6) is -3.48. The number of β-amino-alcohol motifs (C(OH)–C–C–N with tert-alkyl or cyclic N) is 1. The number of rotatable bonds is 10. The molecule has 2 amide bonds. The van der Waals surface area contributed by atoms with E-state index in [9.17, 15) is 44.7 Å². The van der Waals surface area contributed by atoms with Crippen LogP contribution in [-0.4, -0.2) is 101 Å². The monoisotopic (exact) mass is 765 g/mol. The zero-order valence-electron chi connectivity index (χ0n) is 27.0. The number of nitrogens with zero attached hydrogens (tertiary/aromatic N) is 3. The largest absolute Gasteiger partial charge is 0.496 e.